The van der Waals surface area contributed by atoms with E-state index < -0.39 is 46.9 Å². The molecule has 0 saturated heterocycles. The Morgan fingerprint density at radius 3 is 1.83 bits per heavy atom. The third kappa shape index (κ3) is 7.52. The number of hydrogen-bond acceptors (Lipinski definition) is 2. The fourth-order valence-corrected chi connectivity index (χ4v) is 3.37. The summed E-state index contributed by atoms with van der Waals surface area (Å²) in [6.45, 7) is 7.77. The molecule has 0 N–H and O–H groups in total. The summed E-state index contributed by atoms with van der Waals surface area (Å²) in [7, 11) is 0. The average Bonchev–Trinajstić information content (AvgIpc) is 2.68. The molecule has 0 bridgehead atoms. The number of rotatable bonds is 14. The Hall–Kier alpha value is -1.21. The number of benzene rings is 1. The molecule has 1 aromatic carbocycles. The van der Waals surface area contributed by atoms with Gasteiger partial charge in [-0.15, -0.1) is 0 Å². The van der Waals surface area contributed by atoms with E-state index in [9.17, 15) is 22.0 Å². The van der Waals surface area contributed by atoms with Crippen LogP contribution in [0.2, 0.25) is 0 Å². The van der Waals surface area contributed by atoms with Crippen molar-refractivity contribution >= 4 is 0 Å². The number of halogens is 5. The van der Waals surface area contributed by atoms with Gasteiger partial charge in [0.05, 0.1) is 24.4 Å². The second kappa shape index (κ2) is 12.5. The van der Waals surface area contributed by atoms with Crippen LogP contribution in [0.5, 0.6) is 0 Å². The van der Waals surface area contributed by atoms with Crippen LogP contribution >= 0.6 is 0 Å². The van der Waals surface area contributed by atoms with Crippen LogP contribution in [-0.4, -0.2) is 18.8 Å². The maximum atomic E-state index is 13.8. The molecule has 168 valence electrons. The predicted octanol–water partition coefficient (Wildman–Crippen LogP) is 7.08. The molecule has 7 heteroatoms. The topological polar surface area (TPSA) is 18.5 Å². The first kappa shape index (κ1) is 25.8. The summed E-state index contributed by atoms with van der Waals surface area (Å²) in [5, 5.41) is 0. The maximum Gasteiger partial charge on any atom is 0.200 e. The van der Waals surface area contributed by atoms with Crippen molar-refractivity contribution in [3.05, 3.63) is 34.6 Å². The summed E-state index contributed by atoms with van der Waals surface area (Å²) < 4.78 is 78.6. The molecule has 0 radical (unpaired) electrons. The summed E-state index contributed by atoms with van der Waals surface area (Å²) in [5.74, 6) is -9.85. The molecular weight excluding hydrogens is 391 g/mol. The normalized spacial score (nSPS) is 13.1. The molecule has 1 rings (SSSR count). The highest BCUT2D eigenvalue weighted by atomic mass is 19.2. The summed E-state index contributed by atoms with van der Waals surface area (Å²) >= 11 is 0. The van der Waals surface area contributed by atoms with Gasteiger partial charge in [-0.25, -0.2) is 22.0 Å². The van der Waals surface area contributed by atoms with Crippen LogP contribution in [0.4, 0.5) is 22.0 Å². The molecule has 0 aromatic heterocycles. The van der Waals surface area contributed by atoms with Crippen LogP contribution < -0.4 is 0 Å². The van der Waals surface area contributed by atoms with E-state index in [4.69, 9.17) is 9.47 Å². The van der Waals surface area contributed by atoms with Crippen LogP contribution in [0.15, 0.2) is 0 Å². The molecule has 1 atom stereocenters. The molecule has 0 aliphatic rings. The molecule has 0 amide bonds. The van der Waals surface area contributed by atoms with Gasteiger partial charge < -0.3 is 9.47 Å². The lowest BCUT2D eigenvalue weighted by atomic mass is 9.86. The first-order chi connectivity index (χ1) is 13.7. The molecule has 29 heavy (non-hydrogen) atoms. The molecule has 1 unspecified atom stereocenters. The standard InChI is InChI=1S/C22H33F5O2/c1-5-7-8-9-10-11-12-15(22(3,4)29-6-2)13-28-14-16-17(23)19(25)21(27)20(26)18(16)24/h15H,5-14H2,1-4H3. The van der Waals surface area contributed by atoms with Gasteiger partial charge in [0, 0.05) is 12.5 Å². The first-order valence-electron chi connectivity index (χ1n) is 10.4. The van der Waals surface area contributed by atoms with Gasteiger partial charge in [-0.3, -0.25) is 0 Å². The van der Waals surface area contributed by atoms with Crippen LogP contribution in [0.25, 0.3) is 0 Å². The fourth-order valence-electron chi connectivity index (χ4n) is 3.37. The van der Waals surface area contributed by atoms with E-state index in [0.717, 1.165) is 25.7 Å². The van der Waals surface area contributed by atoms with Crippen molar-refractivity contribution in [2.24, 2.45) is 5.92 Å². The molecule has 1 aromatic rings. The first-order valence-corrected chi connectivity index (χ1v) is 10.4. The van der Waals surface area contributed by atoms with E-state index in [2.05, 4.69) is 6.92 Å². The fraction of sp³-hybridized carbons (Fsp3) is 0.727. The van der Waals surface area contributed by atoms with Gasteiger partial charge in [-0.1, -0.05) is 45.4 Å². The zero-order valence-electron chi connectivity index (χ0n) is 17.9. The van der Waals surface area contributed by atoms with Crippen LogP contribution in [0.1, 0.15) is 78.2 Å². The predicted molar refractivity (Wildman–Crippen MR) is 103 cm³/mol. The SMILES string of the molecule is CCCCCCCCC(COCc1c(F)c(F)c(F)c(F)c1F)C(C)(C)OCC. The highest BCUT2D eigenvalue weighted by Gasteiger charge is 2.31. The van der Waals surface area contributed by atoms with Gasteiger partial charge in [0.15, 0.2) is 23.3 Å². The highest BCUT2D eigenvalue weighted by molar-refractivity contribution is 5.23. The molecule has 0 aliphatic carbocycles. The second-order valence-electron chi connectivity index (χ2n) is 7.85. The molecular formula is C22H33F5O2. The van der Waals surface area contributed by atoms with Crippen molar-refractivity contribution in [3.8, 4) is 0 Å². The zero-order valence-corrected chi connectivity index (χ0v) is 17.9. The zero-order chi connectivity index (χ0) is 22.0. The Kier molecular flexibility index (Phi) is 11.1. The van der Waals surface area contributed by atoms with E-state index >= 15 is 0 Å². The Morgan fingerprint density at radius 1 is 0.759 bits per heavy atom. The Morgan fingerprint density at radius 2 is 1.28 bits per heavy atom. The second-order valence-corrected chi connectivity index (χ2v) is 7.85. The quantitative estimate of drug-likeness (QED) is 0.137. The number of ether oxygens (including phenoxy) is 2. The third-order valence-corrected chi connectivity index (χ3v) is 5.27. The lowest BCUT2D eigenvalue weighted by Gasteiger charge is -2.34. The van der Waals surface area contributed by atoms with Gasteiger partial charge in [-0.05, 0) is 27.2 Å². The lowest BCUT2D eigenvalue weighted by Crippen LogP contribution is -2.37. The van der Waals surface area contributed by atoms with Crippen LogP contribution in [-0.2, 0) is 16.1 Å². The van der Waals surface area contributed by atoms with Gasteiger partial charge in [-0.2, -0.15) is 0 Å². The van der Waals surface area contributed by atoms with Crippen molar-refractivity contribution in [3.63, 3.8) is 0 Å². The minimum atomic E-state index is -2.16. The van der Waals surface area contributed by atoms with Gasteiger partial charge >= 0.3 is 0 Å². The molecule has 0 aliphatic heterocycles. The lowest BCUT2D eigenvalue weighted by molar-refractivity contribution is -0.0848. The summed E-state index contributed by atoms with van der Waals surface area (Å²) in [6.07, 6.45) is 7.52. The maximum absolute atomic E-state index is 13.8. The molecule has 0 heterocycles. The summed E-state index contributed by atoms with van der Waals surface area (Å²) in [5.41, 5.74) is -1.48. The van der Waals surface area contributed by atoms with E-state index in [1.807, 2.05) is 20.8 Å². The molecule has 0 fully saturated rings. The summed E-state index contributed by atoms with van der Waals surface area (Å²) in [6, 6.07) is 0. The van der Waals surface area contributed by atoms with Crippen molar-refractivity contribution in [2.45, 2.75) is 84.8 Å². The van der Waals surface area contributed by atoms with Crippen molar-refractivity contribution in [1.29, 1.82) is 0 Å². The molecule has 0 spiro atoms. The minimum Gasteiger partial charge on any atom is -0.376 e. The Labute approximate surface area is 170 Å². The van der Waals surface area contributed by atoms with Gasteiger partial charge in [0.1, 0.15) is 0 Å². The van der Waals surface area contributed by atoms with E-state index in [1.165, 1.54) is 19.3 Å². The van der Waals surface area contributed by atoms with Crippen LogP contribution in [0.3, 0.4) is 0 Å². The minimum absolute atomic E-state index is 0.0742. The Bertz CT molecular complexity index is 605. The van der Waals surface area contributed by atoms with Crippen molar-refractivity contribution in [1.82, 2.24) is 0 Å². The van der Waals surface area contributed by atoms with E-state index in [-0.39, 0.29) is 12.5 Å². The van der Waals surface area contributed by atoms with Gasteiger partial charge in [0.2, 0.25) is 5.82 Å². The van der Waals surface area contributed by atoms with Gasteiger partial charge in [0.25, 0.3) is 0 Å². The smallest absolute Gasteiger partial charge is 0.200 e. The number of unbranched alkanes of at least 4 members (excludes halogenated alkanes) is 5. The van der Waals surface area contributed by atoms with E-state index in [0.29, 0.717) is 6.61 Å². The number of hydrogen-bond donors (Lipinski definition) is 0. The average molecular weight is 424 g/mol. The molecule has 0 saturated carbocycles. The highest BCUT2D eigenvalue weighted by Crippen LogP contribution is 2.29. The molecule has 2 nitrogen and oxygen atoms in total. The van der Waals surface area contributed by atoms with Crippen molar-refractivity contribution in [2.75, 3.05) is 13.2 Å². The van der Waals surface area contributed by atoms with Crippen molar-refractivity contribution < 1.29 is 31.4 Å². The van der Waals surface area contributed by atoms with Crippen LogP contribution in [0, 0.1) is 35.0 Å². The van der Waals surface area contributed by atoms with E-state index in [1.54, 1.807) is 0 Å². The largest absolute Gasteiger partial charge is 0.376 e. The Balaban J connectivity index is 2.73. The summed E-state index contributed by atoms with van der Waals surface area (Å²) in [4.78, 5) is 0. The third-order valence-electron chi connectivity index (χ3n) is 5.27. The monoisotopic (exact) mass is 424 g/mol.